The van der Waals surface area contributed by atoms with Crippen LogP contribution in [0.4, 0.5) is 0 Å². The van der Waals surface area contributed by atoms with Crippen LogP contribution in [0.25, 0.3) is 0 Å². The maximum Gasteiger partial charge on any atom is 0.220 e. The third kappa shape index (κ3) is 39.9. The van der Waals surface area contributed by atoms with Gasteiger partial charge < -0.3 is 89.9 Å². The van der Waals surface area contributed by atoms with E-state index in [-0.39, 0.29) is 18.9 Å². The van der Waals surface area contributed by atoms with Gasteiger partial charge in [0.15, 0.2) is 18.9 Å². The molecule has 0 bridgehead atoms. The molecule has 3 heterocycles. The zero-order valence-corrected chi connectivity index (χ0v) is 60.4. The molecular formula is C81H131NO18. The summed E-state index contributed by atoms with van der Waals surface area (Å²) < 4.78 is 34.3. The summed E-state index contributed by atoms with van der Waals surface area (Å²) >= 11 is 0. The molecule has 3 rings (SSSR count). The molecule has 0 spiro atoms. The smallest absolute Gasteiger partial charge is 0.220 e. The highest BCUT2D eigenvalue weighted by molar-refractivity contribution is 5.76. The first-order valence-electron chi connectivity index (χ1n) is 37.7. The molecule has 3 fully saturated rings. The van der Waals surface area contributed by atoms with Gasteiger partial charge in [-0.3, -0.25) is 4.79 Å². The van der Waals surface area contributed by atoms with E-state index in [0.29, 0.717) is 12.8 Å². The Morgan fingerprint density at radius 1 is 0.370 bits per heavy atom. The zero-order chi connectivity index (χ0) is 72.5. The number of hydrogen-bond donors (Lipinski definition) is 12. The molecular weight excluding hydrogens is 1270 g/mol. The fourth-order valence-electron chi connectivity index (χ4n) is 11.5. The third-order valence-corrected chi connectivity index (χ3v) is 17.5. The van der Waals surface area contributed by atoms with Crippen molar-refractivity contribution in [2.45, 2.75) is 317 Å². The number of unbranched alkanes of at least 4 members (excludes halogenated alkanes) is 16. The number of aliphatic hydroxyl groups is 11. The topological polar surface area (TPSA) is 307 Å². The summed E-state index contributed by atoms with van der Waals surface area (Å²) in [7, 11) is 0. The van der Waals surface area contributed by atoms with Crippen molar-refractivity contribution in [3.63, 3.8) is 0 Å². The van der Waals surface area contributed by atoms with E-state index in [1.165, 1.54) is 51.4 Å². The lowest BCUT2D eigenvalue weighted by Gasteiger charge is -2.48. The third-order valence-electron chi connectivity index (χ3n) is 17.5. The van der Waals surface area contributed by atoms with Crippen molar-refractivity contribution in [1.82, 2.24) is 5.32 Å². The van der Waals surface area contributed by atoms with Crippen molar-refractivity contribution in [1.29, 1.82) is 0 Å². The lowest BCUT2D eigenvalue weighted by molar-refractivity contribution is -0.379. The number of carbonyl (C=O) groups is 1. The van der Waals surface area contributed by atoms with Crippen LogP contribution >= 0.6 is 0 Å². The van der Waals surface area contributed by atoms with Crippen molar-refractivity contribution in [3.05, 3.63) is 158 Å². The molecule has 0 aromatic rings. The number of allylic oxidation sites excluding steroid dienone is 25. The number of carbonyl (C=O) groups excluding carboxylic acids is 1. The van der Waals surface area contributed by atoms with Crippen LogP contribution in [0.5, 0.6) is 0 Å². The van der Waals surface area contributed by atoms with Gasteiger partial charge >= 0.3 is 0 Å². The van der Waals surface area contributed by atoms with Crippen molar-refractivity contribution in [2.75, 3.05) is 26.4 Å². The lowest BCUT2D eigenvalue weighted by Crippen LogP contribution is -2.66. The first-order valence-corrected chi connectivity index (χ1v) is 37.7. The molecule has 0 saturated carbocycles. The van der Waals surface area contributed by atoms with Gasteiger partial charge in [-0.15, -0.1) is 0 Å². The Morgan fingerprint density at radius 2 is 0.700 bits per heavy atom. The van der Waals surface area contributed by atoms with Crippen LogP contribution in [-0.2, 0) is 33.2 Å². The molecule has 3 saturated heterocycles. The minimum absolute atomic E-state index is 0.204. The first kappa shape index (κ1) is 89.6. The minimum atomic E-state index is -1.99. The van der Waals surface area contributed by atoms with E-state index in [1.54, 1.807) is 6.08 Å². The molecule has 100 heavy (non-hydrogen) atoms. The van der Waals surface area contributed by atoms with Gasteiger partial charge in [0.25, 0.3) is 0 Å². The summed E-state index contributed by atoms with van der Waals surface area (Å²) in [6, 6.07) is -1.02. The largest absolute Gasteiger partial charge is 0.394 e. The van der Waals surface area contributed by atoms with Gasteiger partial charge in [0.2, 0.25) is 5.91 Å². The van der Waals surface area contributed by atoms with Crippen molar-refractivity contribution in [3.8, 4) is 0 Å². The fourth-order valence-corrected chi connectivity index (χ4v) is 11.5. The van der Waals surface area contributed by atoms with E-state index in [9.17, 15) is 61.0 Å². The molecule has 3 aliphatic heterocycles. The van der Waals surface area contributed by atoms with Crippen molar-refractivity contribution < 1.29 is 89.4 Å². The second-order valence-corrected chi connectivity index (χ2v) is 26.0. The van der Waals surface area contributed by atoms with E-state index >= 15 is 0 Å². The van der Waals surface area contributed by atoms with E-state index in [2.05, 4.69) is 165 Å². The quantitative estimate of drug-likeness (QED) is 0.0199. The highest BCUT2D eigenvalue weighted by Gasteiger charge is 2.53. The first-order chi connectivity index (χ1) is 48.8. The summed E-state index contributed by atoms with van der Waals surface area (Å²) in [4.78, 5) is 13.4. The molecule has 1 amide bonds. The van der Waals surface area contributed by atoms with Crippen LogP contribution in [0.3, 0.4) is 0 Å². The molecule has 0 aromatic carbocycles. The summed E-state index contributed by atoms with van der Waals surface area (Å²) in [6.07, 6.45) is 60.7. The maximum atomic E-state index is 13.4. The Labute approximate surface area is 599 Å². The van der Waals surface area contributed by atoms with Crippen LogP contribution in [0.1, 0.15) is 213 Å². The molecule has 568 valence electrons. The van der Waals surface area contributed by atoms with Gasteiger partial charge in [0.1, 0.15) is 73.2 Å². The number of aliphatic hydroxyl groups excluding tert-OH is 11. The van der Waals surface area contributed by atoms with Crippen molar-refractivity contribution >= 4 is 5.91 Å². The predicted octanol–water partition coefficient (Wildman–Crippen LogP) is 11.7. The van der Waals surface area contributed by atoms with Gasteiger partial charge in [-0.05, 0) is 122 Å². The highest BCUT2D eigenvalue weighted by Crippen LogP contribution is 2.33. The Hall–Kier alpha value is -4.59. The van der Waals surface area contributed by atoms with Crippen LogP contribution in [0.2, 0.25) is 0 Å². The second-order valence-electron chi connectivity index (χ2n) is 26.0. The van der Waals surface area contributed by atoms with Crippen LogP contribution in [-0.4, -0.2) is 193 Å². The SMILES string of the molecule is CC/C=C\C/C=C\C/C=C\C/C=C\C/C=C\C/C=C\C/C=C\C/C=C\C/C=C\C/C=C\CCCCCCCCC(=O)NC(COC1OC(CO)C(OC2OC(CO)C(OC3OC(CO)C(O)C(O)C3O)C(O)C2O)C(O)C1O)C(O)/C=C/CC/C=C/CC/C=C/CCCCCCCCCC. The van der Waals surface area contributed by atoms with Crippen molar-refractivity contribution in [2.24, 2.45) is 0 Å². The average molecular weight is 1410 g/mol. The highest BCUT2D eigenvalue weighted by atomic mass is 16.8. The summed E-state index contributed by atoms with van der Waals surface area (Å²) in [5.74, 6) is -0.311. The average Bonchev–Trinajstić information content (AvgIpc) is 0.783. The summed E-state index contributed by atoms with van der Waals surface area (Å²) in [5.41, 5.74) is 0. The van der Waals surface area contributed by atoms with E-state index in [4.69, 9.17) is 28.4 Å². The molecule has 0 aromatic heterocycles. The number of amides is 1. The van der Waals surface area contributed by atoms with Gasteiger partial charge in [-0.2, -0.15) is 0 Å². The van der Waals surface area contributed by atoms with Gasteiger partial charge in [0, 0.05) is 6.42 Å². The predicted molar refractivity (Wildman–Crippen MR) is 396 cm³/mol. The van der Waals surface area contributed by atoms with Gasteiger partial charge in [-0.1, -0.05) is 242 Å². The van der Waals surface area contributed by atoms with Gasteiger partial charge in [-0.25, -0.2) is 0 Å². The normalized spacial score (nSPS) is 27.4. The molecule has 12 N–H and O–H groups in total. The van der Waals surface area contributed by atoms with Crippen LogP contribution in [0.15, 0.2) is 158 Å². The number of hydrogen-bond acceptors (Lipinski definition) is 18. The van der Waals surface area contributed by atoms with Crippen LogP contribution < -0.4 is 5.32 Å². The molecule has 3 aliphatic rings. The lowest BCUT2D eigenvalue weighted by atomic mass is 9.96. The van der Waals surface area contributed by atoms with E-state index in [0.717, 1.165) is 128 Å². The van der Waals surface area contributed by atoms with Crippen LogP contribution in [0, 0.1) is 0 Å². The number of rotatable bonds is 56. The Balaban J connectivity index is 1.40. The molecule has 19 nitrogen and oxygen atoms in total. The molecule has 0 radical (unpaired) electrons. The Kier molecular flexibility index (Phi) is 53.6. The molecule has 17 unspecified atom stereocenters. The molecule has 0 aliphatic carbocycles. The molecule has 19 heteroatoms. The number of nitrogens with one attached hydrogen (secondary N) is 1. The standard InChI is InChI=1S/C81H131NO18/c1-3-5-7-9-11-13-15-17-19-21-23-24-25-26-27-28-29-30-31-32-33-34-35-36-37-38-39-40-41-43-45-47-49-51-53-55-57-59-69(87)82-64(65(86)58-56-54-52-50-48-46-44-42-22-20-18-16-14-12-10-8-6-4-2)63-95-79-75(93)72(90)77(67(61-84)97-79)100-81-76(94)73(91)78(68(62-85)98-81)99-80-74(92)71(89)70(88)66(60-83)96-80/h5,7,11,13,17,19,22-24,26-27,29-30,32-33,35-36,38-39,41-43,48,50,56,58,64-68,70-81,83-86,88-94H,3-4,6,8-10,12,14-16,18,20-21,25,28,31,34,37,40,44-47,49,51-55,57,59-63H2,1-2H3,(H,82,87)/b7-5-,13-11-,19-17-,24-23-,27-26-,30-29-,33-32-,36-35-,39-38-,42-22+,43-41-,50-48+,58-56+. The van der Waals surface area contributed by atoms with E-state index in [1.807, 2.05) is 6.08 Å². The second kappa shape index (κ2) is 59.8. The molecule has 17 atom stereocenters. The fraction of sp³-hybridized carbons (Fsp3) is 0.667. The van der Waals surface area contributed by atoms with E-state index < -0.39 is 124 Å². The Bertz CT molecular complexity index is 2430. The summed E-state index contributed by atoms with van der Waals surface area (Å²) in [5, 5.41) is 121. The van der Waals surface area contributed by atoms with Gasteiger partial charge in [0.05, 0.1) is 38.6 Å². The minimum Gasteiger partial charge on any atom is -0.394 e. The zero-order valence-electron chi connectivity index (χ0n) is 60.4. The monoisotopic (exact) mass is 1410 g/mol. The Morgan fingerprint density at radius 3 is 1.12 bits per heavy atom. The maximum absolute atomic E-state index is 13.4. The summed E-state index contributed by atoms with van der Waals surface area (Å²) in [6.45, 7) is 1.55. The number of ether oxygens (including phenoxy) is 6.